The van der Waals surface area contributed by atoms with E-state index in [0.29, 0.717) is 12.5 Å². The lowest BCUT2D eigenvalue weighted by Crippen LogP contribution is -2.27. The summed E-state index contributed by atoms with van der Waals surface area (Å²) in [6, 6.07) is 7.41. The predicted molar refractivity (Wildman–Crippen MR) is 75.0 cm³/mol. The molecule has 1 unspecified atom stereocenters. The first-order chi connectivity index (χ1) is 9.13. The second-order valence-electron chi connectivity index (χ2n) is 4.80. The molecule has 5 nitrogen and oxygen atoms in total. The van der Waals surface area contributed by atoms with Gasteiger partial charge in [0.05, 0.1) is 0 Å². The van der Waals surface area contributed by atoms with Gasteiger partial charge < -0.3 is 16.0 Å². The maximum atomic E-state index is 11.8. The lowest BCUT2D eigenvalue weighted by atomic mass is 10.1. The quantitative estimate of drug-likeness (QED) is 0.773. The molecule has 1 saturated heterocycles. The van der Waals surface area contributed by atoms with Gasteiger partial charge in [-0.2, -0.15) is 0 Å². The maximum Gasteiger partial charge on any atom is 0.225 e. The van der Waals surface area contributed by atoms with Gasteiger partial charge in [0.25, 0.3) is 0 Å². The Hall–Kier alpha value is -1.88. The summed E-state index contributed by atoms with van der Waals surface area (Å²) in [6.07, 6.45) is 2.71. The van der Waals surface area contributed by atoms with Gasteiger partial charge in [-0.15, -0.1) is 0 Å². The number of carbonyl (C=O) groups is 2. The average Bonchev–Trinajstić information content (AvgIpc) is 2.83. The summed E-state index contributed by atoms with van der Waals surface area (Å²) >= 11 is 0. The number of hydrogen-bond donors (Lipinski definition) is 3. The first-order valence-electron chi connectivity index (χ1n) is 6.54. The van der Waals surface area contributed by atoms with Gasteiger partial charge >= 0.3 is 0 Å². The zero-order chi connectivity index (χ0) is 13.7. The highest BCUT2D eigenvalue weighted by Gasteiger charge is 2.17. The minimum atomic E-state index is -0.107. The van der Waals surface area contributed by atoms with Gasteiger partial charge in [-0.3, -0.25) is 9.59 Å². The van der Waals surface area contributed by atoms with E-state index in [4.69, 9.17) is 0 Å². The normalized spacial score (nSPS) is 18.1. The molecule has 0 spiro atoms. The molecule has 102 valence electrons. The first kappa shape index (κ1) is 13.5. The largest absolute Gasteiger partial charge is 0.326 e. The molecule has 1 fully saturated rings. The first-order valence-corrected chi connectivity index (χ1v) is 6.54. The zero-order valence-electron chi connectivity index (χ0n) is 11.0. The maximum absolute atomic E-state index is 11.8. The molecule has 0 saturated carbocycles. The third-order valence-electron chi connectivity index (χ3n) is 3.08. The molecule has 1 atom stereocenters. The Kier molecular flexibility index (Phi) is 4.52. The predicted octanol–water partition coefficient (Wildman–Crippen LogP) is 1.73. The SMILES string of the molecule is CC(=O)Nc1ccc(NC(=O)CC2CCCN2)cc1. The Balaban J connectivity index is 1.84. The Labute approximate surface area is 112 Å². The number of rotatable bonds is 4. The third-order valence-corrected chi connectivity index (χ3v) is 3.08. The van der Waals surface area contributed by atoms with Crippen LogP contribution in [-0.2, 0) is 9.59 Å². The number of amides is 2. The van der Waals surface area contributed by atoms with Crippen LogP contribution in [0.25, 0.3) is 0 Å². The molecule has 0 aliphatic carbocycles. The van der Waals surface area contributed by atoms with Crippen LogP contribution in [0.5, 0.6) is 0 Å². The highest BCUT2D eigenvalue weighted by Crippen LogP contribution is 2.15. The van der Waals surface area contributed by atoms with Gasteiger partial charge in [0, 0.05) is 30.8 Å². The van der Waals surface area contributed by atoms with Crippen molar-refractivity contribution in [3.63, 3.8) is 0 Å². The van der Waals surface area contributed by atoms with E-state index in [-0.39, 0.29) is 11.8 Å². The van der Waals surface area contributed by atoms with E-state index in [9.17, 15) is 9.59 Å². The number of hydrogen-bond acceptors (Lipinski definition) is 3. The molecule has 0 bridgehead atoms. The van der Waals surface area contributed by atoms with E-state index in [2.05, 4.69) is 16.0 Å². The smallest absolute Gasteiger partial charge is 0.225 e. The minimum Gasteiger partial charge on any atom is -0.326 e. The lowest BCUT2D eigenvalue weighted by molar-refractivity contribution is -0.116. The molecule has 1 heterocycles. The highest BCUT2D eigenvalue weighted by molar-refractivity contribution is 5.92. The molecule has 1 aliphatic rings. The van der Waals surface area contributed by atoms with Crippen LogP contribution in [0, 0.1) is 0 Å². The van der Waals surface area contributed by atoms with Crippen LogP contribution in [-0.4, -0.2) is 24.4 Å². The summed E-state index contributed by atoms with van der Waals surface area (Å²) in [7, 11) is 0. The Morgan fingerprint density at radius 2 is 1.84 bits per heavy atom. The van der Waals surface area contributed by atoms with E-state index in [1.54, 1.807) is 24.3 Å². The summed E-state index contributed by atoms with van der Waals surface area (Å²) in [5.74, 6) is -0.0872. The fourth-order valence-electron chi connectivity index (χ4n) is 2.21. The second-order valence-corrected chi connectivity index (χ2v) is 4.80. The number of carbonyl (C=O) groups excluding carboxylic acids is 2. The molecular formula is C14H19N3O2. The molecule has 2 rings (SSSR count). The van der Waals surface area contributed by atoms with E-state index >= 15 is 0 Å². The van der Waals surface area contributed by atoms with E-state index in [1.165, 1.54) is 6.92 Å². The molecule has 5 heteroatoms. The summed E-state index contributed by atoms with van der Waals surface area (Å²) in [4.78, 5) is 22.7. The van der Waals surface area contributed by atoms with Crippen molar-refractivity contribution in [2.45, 2.75) is 32.2 Å². The monoisotopic (exact) mass is 261 g/mol. The Morgan fingerprint density at radius 1 is 1.21 bits per heavy atom. The summed E-state index contributed by atoms with van der Waals surface area (Å²) in [5, 5.41) is 8.84. The standard InChI is InChI=1S/C14H19N3O2/c1-10(18)16-11-4-6-12(7-5-11)17-14(19)9-13-3-2-8-15-13/h4-7,13,15H,2-3,8-9H2,1H3,(H,16,18)(H,17,19). The lowest BCUT2D eigenvalue weighted by Gasteiger charge is -2.11. The molecule has 0 radical (unpaired) electrons. The highest BCUT2D eigenvalue weighted by atomic mass is 16.2. The van der Waals surface area contributed by atoms with Crippen molar-refractivity contribution in [3.8, 4) is 0 Å². The van der Waals surface area contributed by atoms with Crippen molar-refractivity contribution in [1.82, 2.24) is 5.32 Å². The van der Waals surface area contributed by atoms with Crippen LogP contribution in [0.3, 0.4) is 0 Å². The molecule has 2 amide bonds. The van der Waals surface area contributed by atoms with Crippen molar-refractivity contribution < 1.29 is 9.59 Å². The number of nitrogens with one attached hydrogen (secondary N) is 3. The van der Waals surface area contributed by atoms with Crippen LogP contribution >= 0.6 is 0 Å². The van der Waals surface area contributed by atoms with Crippen LogP contribution in [0.2, 0.25) is 0 Å². The third kappa shape index (κ3) is 4.37. The Bertz CT molecular complexity index is 450. The van der Waals surface area contributed by atoms with Gasteiger partial charge in [-0.05, 0) is 43.7 Å². The number of benzene rings is 1. The fourth-order valence-corrected chi connectivity index (χ4v) is 2.21. The van der Waals surface area contributed by atoms with Crippen molar-refractivity contribution in [3.05, 3.63) is 24.3 Å². The van der Waals surface area contributed by atoms with Crippen molar-refractivity contribution in [1.29, 1.82) is 0 Å². The van der Waals surface area contributed by atoms with Crippen LogP contribution in [0.15, 0.2) is 24.3 Å². The van der Waals surface area contributed by atoms with Gasteiger partial charge in [-0.25, -0.2) is 0 Å². The van der Waals surface area contributed by atoms with Crippen LogP contribution in [0.4, 0.5) is 11.4 Å². The second kappa shape index (κ2) is 6.33. The van der Waals surface area contributed by atoms with Gasteiger partial charge in [0.1, 0.15) is 0 Å². The van der Waals surface area contributed by atoms with Gasteiger partial charge in [-0.1, -0.05) is 0 Å². The number of anilines is 2. The topological polar surface area (TPSA) is 70.2 Å². The van der Waals surface area contributed by atoms with Crippen molar-refractivity contribution in [2.24, 2.45) is 0 Å². The molecule has 1 aromatic rings. The van der Waals surface area contributed by atoms with Crippen LogP contribution < -0.4 is 16.0 Å². The average molecular weight is 261 g/mol. The Morgan fingerprint density at radius 3 is 2.37 bits per heavy atom. The summed E-state index contributed by atoms with van der Waals surface area (Å²) < 4.78 is 0. The van der Waals surface area contributed by atoms with Gasteiger partial charge in [0.2, 0.25) is 11.8 Å². The molecule has 19 heavy (non-hydrogen) atoms. The fraction of sp³-hybridized carbons (Fsp3) is 0.429. The minimum absolute atomic E-state index is 0.0201. The zero-order valence-corrected chi connectivity index (χ0v) is 11.0. The van der Waals surface area contributed by atoms with Crippen molar-refractivity contribution >= 4 is 23.2 Å². The van der Waals surface area contributed by atoms with Gasteiger partial charge in [0.15, 0.2) is 0 Å². The summed E-state index contributed by atoms with van der Waals surface area (Å²) in [5.41, 5.74) is 1.47. The molecule has 0 aromatic heterocycles. The van der Waals surface area contributed by atoms with E-state index in [1.807, 2.05) is 0 Å². The van der Waals surface area contributed by atoms with Crippen LogP contribution in [0.1, 0.15) is 26.2 Å². The molecular weight excluding hydrogens is 242 g/mol. The molecule has 1 aromatic carbocycles. The van der Waals surface area contributed by atoms with E-state index in [0.717, 1.165) is 30.8 Å². The van der Waals surface area contributed by atoms with E-state index < -0.39 is 0 Å². The van der Waals surface area contributed by atoms with Crippen molar-refractivity contribution in [2.75, 3.05) is 17.2 Å². The summed E-state index contributed by atoms with van der Waals surface area (Å²) in [6.45, 7) is 2.47. The molecule has 3 N–H and O–H groups in total. The molecule has 1 aliphatic heterocycles.